The van der Waals surface area contributed by atoms with Crippen LogP contribution in [0.1, 0.15) is 55.4 Å². The predicted molar refractivity (Wildman–Crippen MR) is 73.7 cm³/mol. The van der Waals surface area contributed by atoms with E-state index < -0.39 is 0 Å². The van der Waals surface area contributed by atoms with Crippen molar-refractivity contribution < 1.29 is 40.8 Å². The van der Waals surface area contributed by atoms with Crippen molar-refractivity contribution in [2.24, 2.45) is 0 Å². The van der Waals surface area contributed by atoms with Crippen molar-refractivity contribution in [2.45, 2.75) is 79.6 Å². The first-order chi connectivity index (χ1) is 6.25. The van der Waals surface area contributed by atoms with Gasteiger partial charge in [0.05, 0.1) is 0 Å². The molecular formula is C13H31N2Nd. The normalized spacial score (nSPS) is 9.75. The van der Waals surface area contributed by atoms with Gasteiger partial charge < -0.3 is 18.1 Å². The zero-order valence-corrected chi connectivity index (χ0v) is 15.9. The molecule has 1 radical (unpaired) electrons. The Morgan fingerprint density at radius 3 is 0.625 bits per heavy atom. The van der Waals surface area contributed by atoms with Crippen molar-refractivity contribution in [3.05, 3.63) is 18.1 Å². The monoisotopic (exact) mass is 357 g/mol. The molecule has 3 heteroatoms. The average molecular weight is 360 g/mol. The molecule has 0 saturated carbocycles. The molecule has 0 atom stereocenters. The van der Waals surface area contributed by atoms with Crippen LogP contribution in [0, 0.1) is 48.3 Å². The molecule has 0 N–H and O–H groups in total. The van der Waals surface area contributed by atoms with Gasteiger partial charge >= 0.3 is 40.8 Å². The summed E-state index contributed by atoms with van der Waals surface area (Å²) in [6.45, 7) is 16.8. The van der Waals surface area contributed by atoms with Gasteiger partial charge in [0.15, 0.2) is 0 Å². The molecular weight excluding hydrogens is 328 g/mol. The quantitative estimate of drug-likeness (QED) is 0.645. The fourth-order valence-electron chi connectivity index (χ4n) is 1.19. The van der Waals surface area contributed by atoms with E-state index in [-0.39, 0.29) is 48.3 Å². The van der Waals surface area contributed by atoms with Crippen LogP contribution < -0.4 is 0 Å². The second kappa shape index (κ2) is 16.3. The molecule has 0 fully saturated rings. The Hall–Kier alpha value is 1.27. The first-order valence-corrected chi connectivity index (χ1v) is 5.65. The molecule has 0 rings (SSSR count). The van der Waals surface area contributed by atoms with E-state index in [1.807, 2.05) is 0 Å². The molecule has 0 spiro atoms. The van der Waals surface area contributed by atoms with Gasteiger partial charge in [0.2, 0.25) is 0 Å². The fraction of sp³-hybridized carbons (Fsp3) is 0.923. The molecule has 0 unspecified atom stereocenters. The summed E-state index contributed by atoms with van der Waals surface area (Å²) in [6, 6.07) is 2.00. The maximum absolute atomic E-state index is 4.28. The second-order valence-corrected chi connectivity index (χ2v) is 4.67. The van der Waals surface area contributed by atoms with E-state index in [2.05, 4.69) is 66.0 Å². The Morgan fingerprint density at radius 2 is 0.625 bits per heavy atom. The van der Waals surface area contributed by atoms with Crippen LogP contribution in [0.25, 0.3) is 10.6 Å². The zero-order chi connectivity index (χ0) is 11.7. The van der Waals surface area contributed by atoms with Crippen LogP contribution >= 0.6 is 0 Å². The van der Waals surface area contributed by atoms with Gasteiger partial charge in [-0.25, -0.2) is 0 Å². The molecule has 16 heavy (non-hydrogen) atoms. The Morgan fingerprint density at radius 1 is 0.500 bits per heavy atom. The molecule has 0 aromatic rings. The van der Waals surface area contributed by atoms with Crippen LogP contribution in [0.2, 0.25) is 0 Å². The van der Waals surface area contributed by atoms with E-state index in [1.165, 1.54) is 0 Å². The summed E-state index contributed by atoms with van der Waals surface area (Å²) in [5.41, 5.74) is 0. The molecule has 0 amide bonds. The van der Waals surface area contributed by atoms with Crippen molar-refractivity contribution in [3.63, 3.8) is 0 Å². The van der Waals surface area contributed by atoms with Gasteiger partial charge in [0.25, 0.3) is 0 Å². The molecule has 0 saturated heterocycles. The molecule has 0 heterocycles. The summed E-state index contributed by atoms with van der Waals surface area (Å²) in [5.74, 6) is 0. The molecule has 2 nitrogen and oxygen atoms in total. The molecule has 97 valence electrons. The minimum atomic E-state index is 0. The topological polar surface area (TPSA) is 28.2 Å². The van der Waals surface area contributed by atoms with Gasteiger partial charge in [0.1, 0.15) is 0 Å². The summed E-state index contributed by atoms with van der Waals surface area (Å²) < 4.78 is 0. The van der Waals surface area contributed by atoms with Crippen molar-refractivity contribution in [3.8, 4) is 0 Å². The maximum atomic E-state index is 4.28. The van der Waals surface area contributed by atoms with Gasteiger partial charge in [-0.05, 0) is 0 Å². The van der Waals surface area contributed by atoms with Gasteiger partial charge in [-0.2, -0.15) is 0 Å². The van der Waals surface area contributed by atoms with E-state index in [9.17, 15) is 0 Å². The summed E-state index contributed by atoms with van der Waals surface area (Å²) in [5, 5.41) is 8.56. The summed E-state index contributed by atoms with van der Waals surface area (Å²) >= 11 is 0. The molecule has 0 aliphatic carbocycles. The Balaban J connectivity index is -0.0000000800. The molecule has 0 aromatic heterocycles. The zero-order valence-electron chi connectivity index (χ0n) is 12.7. The van der Waals surface area contributed by atoms with Crippen molar-refractivity contribution in [1.82, 2.24) is 0 Å². The van der Waals surface area contributed by atoms with Gasteiger partial charge in [0, 0.05) is 0 Å². The largest absolute Gasteiger partial charge is 3.00 e. The van der Waals surface area contributed by atoms with Crippen LogP contribution in [-0.4, -0.2) is 24.2 Å². The van der Waals surface area contributed by atoms with Crippen LogP contribution in [-0.2, 0) is 0 Å². The predicted octanol–water partition coefficient (Wildman–Crippen LogP) is 4.80. The van der Waals surface area contributed by atoms with Crippen LogP contribution in [0.5, 0.6) is 0 Å². The number of hydrogen-bond acceptors (Lipinski definition) is 0. The van der Waals surface area contributed by atoms with Crippen molar-refractivity contribution >= 4 is 0 Å². The summed E-state index contributed by atoms with van der Waals surface area (Å²) in [6.07, 6.45) is 0. The minimum Gasteiger partial charge on any atom is -0.658 e. The molecule has 0 aliphatic heterocycles. The van der Waals surface area contributed by atoms with Crippen molar-refractivity contribution in [2.75, 3.05) is 0 Å². The Labute approximate surface area is 137 Å². The maximum Gasteiger partial charge on any atom is 3.00 e. The first-order valence-electron chi connectivity index (χ1n) is 5.65. The third kappa shape index (κ3) is 36.2. The number of hydrogen-bond donors (Lipinski definition) is 0. The molecule has 0 bridgehead atoms. The van der Waals surface area contributed by atoms with Gasteiger partial charge in [-0.1, -0.05) is 55.4 Å². The Bertz CT molecular complexity index is 86.5. The van der Waals surface area contributed by atoms with Gasteiger partial charge in [-0.15, -0.1) is 24.2 Å². The summed E-state index contributed by atoms with van der Waals surface area (Å²) in [7, 11) is 0. The van der Waals surface area contributed by atoms with Crippen LogP contribution in [0.3, 0.4) is 0 Å². The average Bonchev–Trinajstić information content (AvgIpc) is 1.79. The van der Waals surface area contributed by atoms with Gasteiger partial charge in [-0.3, -0.25) is 0 Å². The SMILES string of the molecule is CC(C)[N-]C(C)C.CC(C)[N-]C(C)C.[CH3-].[Nd+3]. The molecule has 0 aliphatic rings. The third-order valence-electron chi connectivity index (χ3n) is 1.19. The summed E-state index contributed by atoms with van der Waals surface area (Å²) in [4.78, 5) is 0. The fourth-order valence-corrected chi connectivity index (χ4v) is 1.19. The molecule has 0 aromatic carbocycles. The van der Waals surface area contributed by atoms with E-state index in [0.717, 1.165) is 0 Å². The van der Waals surface area contributed by atoms with Crippen LogP contribution in [0.15, 0.2) is 0 Å². The van der Waals surface area contributed by atoms with E-state index >= 15 is 0 Å². The van der Waals surface area contributed by atoms with E-state index in [0.29, 0.717) is 24.2 Å². The number of rotatable bonds is 4. The Kier molecular flexibility index (Phi) is 26.4. The van der Waals surface area contributed by atoms with E-state index in [1.54, 1.807) is 0 Å². The first kappa shape index (κ1) is 26.0. The van der Waals surface area contributed by atoms with Crippen LogP contribution in [0.4, 0.5) is 0 Å². The van der Waals surface area contributed by atoms with Crippen molar-refractivity contribution in [1.29, 1.82) is 0 Å². The number of nitrogens with zero attached hydrogens (tertiary/aromatic N) is 2. The smallest absolute Gasteiger partial charge is 0.658 e. The second-order valence-electron chi connectivity index (χ2n) is 4.67. The standard InChI is InChI=1S/2C6H14N.CH3.Nd/c2*1-5(2)7-6(3)4;;/h2*5-6H,1-4H3;1H3;/q3*-1;+3. The van der Waals surface area contributed by atoms with E-state index in [4.69, 9.17) is 0 Å². The third-order valence-corrected chi connectivity index (χ3v) is 1.19. The minimum absolute atomic E-state index is 0.